The second-order valence-corrected chi connectivity index (χ2v) is 6.11. The minimum absolute atomic E-state index is 0.155. The number of hydrogen-bond donors (Lipinski definition) is 1. The first kappa shape index (κ1) is 17.7. The Hall–Kier alpha value is -3.13. The van der Waals surface area contributed by atoms with Crippen molar-refractivity contribution in [3.05, 3.63) is 48.5 Å². The van der Waals surface area contributed by atoms with E-state index in [1.54, 1.807) is 26.4 Å². The summed E-state index contributed by atoms with van der Waals surface area (Å²) in [7, 11) is 3.16. The number of amides is 1. The standard InChI is InChI=1S/C18H17N3O4S/c1-23-13-9-7-12(8-10-13)17-20-21-18(26-17)19-16(22)11-25-15-6-4-3-5-14(15)24-2/h3-10H,11H2,1-2H3,(H,19,21,22). The van der Waals surface area contributed by atoms with Gasteiger partial charge in [0, 0.05) is 5.56 Å². The third-order valence-corrected chi connectivity index (χ3v) is 4.32. The summed E-state index contributed by atoms with van der Waals surface area (Å²) in [5, 5.41) is 11.9. The van der Waals surface area contributed by atoms with Crippen LogP contribution in [0.25, 0.3) is 10.6 Å². The molecule has 0 radical (unpaired) electrons. The van der Waals surface area contributed by atoms with Crippen LogP contribution in [0.1, 0.15) is 0 Å². The van der Waals surface area contributed by atoms with Crippen molar-refractivity contribution >= 4 is 22.4 Å². The van der Waals surface area contributed by atoms with E-state index >= 15 is 0 Å². The van der Waals surface area contributed by atoms with Crippen LogP contribution in [-0.2, 0) is 4.79 Å². The van der Waals surface area contributed by atoms with Gasteiger partial charge in [0.25, 0.3) is 5.91 Å². The number of anilines is 1. The molecular formula is C18H17N3O4S. The van der Waals surface area contributed by atoms with Gasteiger partial charge in [0.15, 0.2) is 18.1 Å². The third kappa shape index (κ3) is 4.28. The molecule has 0 spiro atoms. The highest BCUT2D eigenvalue weighted by atomic mass is 32.1. The van der Waals surface area contributed by atoms with Gasteiger partial charge in [-0.1, -0.05) is 23.5 Å². The van der Waals surface area contributed by atoms with Crippen LogP contribution < -0.4 is 19.5 Å². The normalized spacial score (nSPS) is 10.2. The van der Waals surface area contributed by atoms with Gasteiger partial charge < -0.3 is 14.2 Å². The molecule has 2 aromatic carbocycles. The molecule has 0 bridgehead atoms. The van der Waals surface area contributed by atoms with E-state index in [2.05, 4.69) is 15.5 Å². The van der Waals surface area contributed by atoms with Crippen LogP contribution in [0.2, 0.25) is 0 Å². The molecule has 3 rings (SSSR count). The Morgan fingerprint density at radius 1 is 1.00 bits per heavy atom. The summed E-state index contributed by atoms with van der Waals surface area (Å²) >= 11 is 1.28. The van der Waals surface area contributed by atoms with Gasteiger partial charge in [-0.3, -0.25) is 10.1 Å². The average Bonchev–Trinajstić information content (AvgIpc) is 3.15. The number of nitrogens with zero attached hydrogens (tertiary/aromatic N) is 2. The van der Waals surface area contributed by atoms with E-state index in [1.165, 1.54) is 11.3 Å². The van der Waals surface area contributed by atoms with E-state index in [1.807, 2.05) is 36.4 Å². The maximum absolute atomic E-state index is 12.1. The minimum Gasteiger partial charge on any atom is -0.497 e. The number of methoxy groups -OCH3 is 2. The number of benzene rings is 2. The highest BCUT2D eigenvalue weighted by molar-refractivity contribution is 7.18. The summed E-state index contributed by atoms with van der Waals surface area (Å²) in [6, 6.07) is 14.6. The maximum atomic E-state index is 12.1. The van der Waals surface area contributed by atoms with Crippen molar-refractivity contribution in [2.24, 2.45) is 0 Å². The van der Waals surface area contributed by atoms with Gasteiger partial charge in [-0.25, -0.2) is 0 Å². The van der Waals surface area contributed by atoms with Crippen molar-refractivity contribution in [1.82, 2.24) is 10.2 Å². The predicted octanol–water partition coefficient (Wildman–Crippen LogP) is 3.24. The van der Waals surface area contributed by atoms with Crippen molar-refractivity contribution in [2.75, 3.05) is 26.1 Å². The zero-order chi connectivity index (χ0) is 18.4. The van der Waals surface area contributed by atoms with Crippen LogP contribution in [0.4, 0.5) is 5.13 Å². The lowest BCUT2D eigenvalue weighted by Crippen LogP contribution is -2.20. The molecule has 26 heavy (non-hydrogen) atoms. The molecule has 0 saturated carbocycles. The van der Waals surface area contributed by atoms with E-state index in [4.69, 9.17) is 14.2 Å². The van der Waals surface area contributed by atoms with Gasteiger partial charge in [-0.15, -0.1) is 10.2 Å². The zero-order valence-corrected chi connectivity index (χ0v) is 15.1. The van der Waals surface area contributed by atoms with E-state index in [0.717, 1.165) is 11.3 Å². The second kappa shape index (κ2) is 8.30. The Labute approximate surface area is 154 Å². The SMILES string of the molecule is COc1ccc(-c2nnc(NC(=O)COc3ccccc3OC)s2)cc1. The molecule has 0 aliphatic heterocycles. The molecule has 0 aliphatic rings. The Bertz CT molecular complexity index is 880. The topological polar surface area (TPSA) is 82.6 Å². The van der Waals surface area contributed by atoms with Gasteiger partial charge in [0.05, 0.1) is 14.2 Å². The quantitative estimate of drug-likeness (QED) is 0.687. The van der Waals surface area contributed by atoms with Crippen LogP contribution in [-0.4, -0.2) is 36.9 Å². The molecule has 0 saturated heterocycles. The summed E-state index contributed by atoms with van der Waals surface area (Å²) in [5.74, 6) is 1.51. The van der Waals surface area contributed by atoms with Gasteiger partial charge in [0.1, 0.15) is 10.8 Å². The fraction of sp³-hybridized carbons (Fsp3) is 0.167. The molecule has 0 unspecified atom stereocenters. The Morgan fingerprint density at radius 2 is 1.73 bits per heavy atom. The molecule has 0 fully saturated rings. The molecule has 1 aromatic heterocycles. The number of carbonyl (C=O) groups is 1. The summed E-state index contributed by atoms with van der Waals surface area (Å²) in [5.41, 5.74) is 0.897. The smallest absolute Gasteiger partial charge is 0.264 e. The van der Waals surface area contributed by atoms with E-state index in [0.29, 0.717) is 21.6 Å². The molecule has 1 heterocycles. The molecule has 1 N–H and O–H groups in total. The second-order valence-electron chi connectivity index (χ2n) is 5.13. The number of ether oxygens (including phenoxy) is 3. The Balaban J connectivity index is 1.59. The summed E-state index contributed by atoms with van der Waals surface area (Å²) in [4.78, 5) is 12.1. The monoisotopic (exact) mass is 371 g/mol. The largest absolute Gasteiger partial charge is 0.497 e. The number of hydrogen-bond acceptors (Lipinski definition) is 7. The summed E-state index contributed by atoms with van der Waals surface area (Å²) in [6.45, 7) is -0.155. The van der Waals surface area contributed by atoms with Crippen LogP contribution in [0, 0.1) is 0 Å². The molecular weight excluding hydrogens is 354 g/mol. The van der Waals surface area contributed by atoms with Crippen LogP contribution in [0.5, 0.6) is 17.2 Å². The fourth-order valence-electron chi connectivity index (χ4n) is 2.16. The summed E-state index contributed by atoms with van der Waals surface area (Å²) in [6.07, 6.45) is 0. The Kier molecular flexibility index (Phi) is 5.65. The zero-order valence-electron chi connectivity index (χ0n) is 14.3. The van der Waals surface area contributed by atoms with Crippen LogP contribution in [0.15, 0.2) is 48.5 Å². The van der Waals surface area contributed by atoms with Gasteiger partial charge in [0.2, 0.25) is 5.13 Å². The number of nitrogens with one attached hydrogen (secondary N) is 1. The minimum atomic E-state index is -0.326. The highest BCUT2D eigenvalue weighted by Crippen LogP contribution is 2.28. The first-order chi connectivity index (χ1) is 12.7. The van der Waals surface area contributed by atoms with Gasteiger partial charge >= 0.3 is 0 Å². The number of para-hydroxylation sites is 2. The summed E-state index contributed by atoms with van der Waals surface area (Å²) < 4.78 is 15.8. The van der Waals surface area contributed by atoms with E-state index in [9.17, 15) is 4.79 Å². The first-order valence-corrected chi connectivity index (χ1v) is 8.55. The molecule has 8 heteroatoms. The third-order valence-electron chi connectivity index (χ3n) is 3.44. The van der Waals surface area contributed by atoms with Gasteiger partial charge in [-0.2, -0.15) is 0 Å². The van der Waals surface area contributed by atoms with Crippen LogP contribution in [0.3, 0.4) is 0 Å². The molecule has 0 atom stereocenters. The van der Waals surface area contributed by atoms with Gasteiger partial charge in [-0.05, 0) is 36.4 Å². The predicted molar refractivity (Wildman–Crippen MR) is 99.0 cm³/mol. The maximum Gasteiger partial charge on any atom is 0.264 e. The average molecular weight is 371 g/mol. The molecule has 3 aromatic rings. The number of aromatic nitrogens is 2. The number of rotatable bonds is 7. The van der Waals surface area contributed by atoms with Crippen molar-refractivity contribution in [2.45, 2.75) is 0 Å². The highest BCUT2D eigenvalue weighted by Gasteiger charge is 2.11. The lowest BCUT2D eigenvalue weighted by atomic mass is 10.2. The van der Waals surface area contributed by atoms with E-state index < -0.39 is 0 Å². The first-order valence-electron chi connectivity index (χ1n) is 7.73. The molecule has 0 aliphatic carbocycles. The lowest BCUT2D eigenvalue weighted by molar-refractivity contribution is -0.118. The van der Waals surface area contributed by atoms with Crippen molar-refractivity contribution < 1.29 is 19.0 Å². The molecule has 134 valence electrons. The Morgan fingerprint density at radius 3 is 2.42 bits per heavy atom. The molecule has 7 nitrogen and oxygen atoms in total. The molecule has 1 amide bonds. The van der Waals surface area contributed by atoms with E-state index in [-0.39, 0.29) is 12.5 Å². The fourth-order valence-corrected chi connectivity index (χ4v) is 2.93. The van der Waals surface area contributed by atoms with Crippen molar-refractivity contribution in [1.29, 1.82) is 0 Å². The van der Waals surface area contributed by atoms with Crippen molar-refractivity contribution in [3.63, 3.8) is 0 Å². The van der Waals surface area contributed by atoms with Crippen LogP contribution >= 0.6 is 11.3 Å². The van der Waals surface area contributed by atoms with Crippen molar-refractivity contribution in [3.8, 4) is 27.8 Å². The number of carbonyl (C=O) groups excluding carboxylic acids is 1. The lowest BCUT2D eigenvalue weighted by Gasteiger charge is -2.09.